The van der Waals surface area contributed by atoms with E-state index in [0.717, 1.165) is 4.90 Å². The number of hydrogen-bond acceptors (Lipinski definition) is 5. The number of anilines is 1. The molecule has 0 bridgehead atoms. The van der Waals surface area contributed by atoms with E-state index in [2.05, 4.69) is 4.98 Å². The number of nitrogens with zero attached hydrogens (tertiary/aromatic N) is 2. The van der Waals surface area contributed by atoms with E-state index < -0.39 is 30.8 Å². The molecule has 1 rings (SSSR count). The molecule has 0 radical (unpaired) electrons. The van der Waals surface area contributed by atoms with Crippen LogP contribution < -0.4 is 17.2 Å². The van der Waals surface area contributed by atoms with E-state index in [1.165, 1.54) is 12.3 Å². The Morgan fingerprint density at radius 1 is 1.21 bits per heavy atom. The predicted molar refractivity (Wildman–Crippen MR) is 68.0 cm³/mol. The van der Waals surface area contributed by atoms with E-state index in [-0.39, 0.29) is 16.4 Å². The second-order valence-electron chi connectivity index (χ2n) is 3.69. The van der Waals surface area contributed by atoms with Crippen molar-refractivity contribution in [3.05, 3.63) is 23.0 Å². The van der Waals surface area contributed by atoms with Crippen LogP contribution in [0, 0.1) is 0 Å². The van der Waals surface area contributed by atoms with Crippen molar-refractivity contribution >= 4 is 35.0 Å². The van der Waals surface area contributed by atoms with Gasteiger partial charge < -0.3 is 22.1 Å². The third-order valence-corrected chi connectivity index (χ3v) is 2.32. The van der Waals surface area contributed by atoms with E-state index in [9.17, 15) is 14.4 Å². The normalized spacial score (nSPS) is 9.95. The number of pyridine rings is 1. The number of amides is 3. The molecule has 1 heterocycles. The first-order chi connectivity index (χ1) is 8.81. The molecule has 0 aliphatic carbocycles. The van der Waals surface area contributed by atoms with Gasteiger partial charge in [0.05, 0.1) is 17.4 Å². The molecular formula is C10H12ClN5O3. The Hall–Kier alpha value is -2.35. The molecule has 8 nitrogen and oxygen atoms in total. The molecule has 0 atom stereocenters. The van der Waals surface area contributed by atoms with Crippen molar-refractivity contribution in [3.8, 4) is 0 Å². The molecule has 102 valence electrons. The molecule has 9 heteroatoms. The van der Waals surface area contributed by atoms with Gasteiger partial charge in [-0.2, -0.15) is 0 Å². The summed E-state index contributed by atoms with van der Waals surface area (Å²) in [6.07, 6.45) is 1.20. The van der Waals surface area contributed by atoms with Gasteiger partial charge >= 0.3 is 0 Å². The summed E-state index contributed by atoms with van der Waals surface area (Å²) in [5.41, 5.74) is 15.7. The SMILES string of the molecule is NC(=O)CN(CC(N)=O)C(=O)c1cc(Cl)ncc1N. The average Bonchev–Trinajstić information content (AvgIpc) is 2.29. The number of carbonyl (C=O) groups is 3. The topological polar surface area (TPSA) is 145 Å². The Labute approximate surface area is 113 Å². The van der Waals surface area contributed by atoms with Crippen molar-refractivity contribution in [1.29, 1.82) is 0 Å². The van der Waals surface area contributed by atoms with Gasteiger partial charge in [-0.15, -0.1) is 0 Å². The van der Waals surface area contributed by atoms with Gasteiger partial charge in [-0.05, 0) is 6.07 Å². The van der Waals surface area contributed by atoms with Crippen molar-refractivity contribution in [1.82, 2.24) is 9.88 Å². The number of primary amides is 2. The average molecular weight is 286 g/mol. The maximum absolute atomic E-state index is 12.1. The molecule has 0 fully saturated rings. The van der Waals surface area contributed by atoms with Gasteiger partial charge in [0.1, 0.15) is 18.2 Å². The van der Waals surface area contributed by atoms with Crippen LogP contribution in [0.25, 0.3) is 0 Å². The smallest absolute Gasteiger partial charge is 0.257 e. The van der Waals surface area contributed by atoms with Crippen LogP contribution in [-0.4, -0.2) is 40.7 Å². The highest BCUT2D eigenvalue weighted by Crippen LogP contribution is 2.17. The highest BCUT2D eigenvalue weighted by atomic mass is 35.5. The summed E-state index contributed by atoms with van der Waals surface area (Å²) in [7, 11) is 0. The summed E-state index contributed by atoms with van der Waals surface area (Å²) >= 11 is 5.66. The lowest BCUT2D eigenvalue weighted by molar-refractivity contribution is -0.121. The van der Waals surface area contributed by atoms with Crippen LogP contribution in [0.5, 0.6) is 0 Å². The Kier molecular flexibility index (Phi) is 4.65. The van der Waals surface area contributed by atoms with Gasteiger partial charge in [-0.3, -0.25) is 14.4 Å². The third kappa shape index (κ3) is 4.11. The Balaban J connectivity index is 3.07. The van der Waals surface area contributed by atoms with Crippen LogP contribution >= 0.6 is 11.6 Å². The minimum absolute atomic E-state index is 0.0162. The molecule has 6 N–H and O–H groups in total. The fourth-order valence-corrected chi connectivity index (χ4v) is 1.53. The lowest BCUT2D eigenvalue weighted by Gasteiger charge is -2.20. The van der Waals surface area contributed by atoms with Crippen LogP contribution in [0.1, 0.15) is 10.4 Å². The fraction of sp³-hybridized carbons (Fsp3) is 0.200. The number of hydrogen-bond donors (Lipinski definition) is 3. The number of nitrogen functional groups attached to an aromatic ring is 1. The molecule has 0 aromatic carbocycles. The first-order valence-corrected chi connectivity index (χ1v) is 5.46. The largest absolute Gasteiger partial charge is 0.397 e. The summed E-state index contributed by atoms with van der Waals surface area (Å²) in [5.74, 6) is -2.25. The predicted octanol–water partition coefficient (Wildman–Crippen LogP) is -1.27. The molecule has 3 amide bonds. The van der Waals surface area contributed by atoms with E-state index in [0.29, 0.717) is 0 Å². The first kappa shape index (κ1) is 14.7. The number of halogens is 1. The molecule has 1 aromatic heterocycles. The molecule has 0 unspecified atom stereocenters. The Morgan fingerprint density at radius 2 is 1.74 bits per heavy atom. The molecular weight excluding hydrogens is 274 g/mol. The standard InChI is InChI=1S/C10H12ClN5O3/c11-7-1-5(6(12)2-15-7)10(19)16(3-8(13)17)4-9(14)18/h1-2H,3-4,12H2,(H2,13,17)(H2,14,18). The number of carbonyl (C=O) groups excluding carboxylic acids is 3. The molecule has 1 aromatic rings. The number of aromatic nitrogens is 1. The van der Waals surface area contributed by atoms with Crippen LogP contribution in [-0.2, 0) is 9.59 Å². The molecule has 0 spiro atoms. The van der Waals surface area contributed by atoms with E-state index in [1.54, 1.807) is 0 Å². The number of nitrogens with two attached hydrogens (primary N) is 3. The van der Waals surface area contributed by atoms with E-state index in [1.807, 2.05) is 0 Å². The maximum atomic E-state index is 12.1. The third-order valence-electron chi connectivity index (χ3n) is 2.11. The van der Waals surface area contributed by atoms with E-state index >= 15 is 0 Å². The monoisotopic (exact) mass is 285 g/mol. The van der Waals surface area contributed by atoms with Gasteiger partial charge in [0, 0.05) is 0 Å². The zero-order valence-electron chi connectivity index (χ0n) is 9.80. The number of rotatable bonds is 5. The second-order valence-corrected chi connectivity index (χ2v) is 4.08. The van der Waals surface area contributed by atoms with E-state index in [4.69, 9.17) is 28.8 Å². The van der Waals surface area contributed by atoms with Crippen molar-refractivity contribution in [2.24, 2.45) is 11.5 Å². The van der Waals surface area contributed by atoms with Crippen molar-refractivity contribution < 1.29 is 14.4 Å². The van der Waals surface area contributed by atoms with Crippen LogP contribution in [0.15, 0.2) is 12.3 Å². The highest BCUT2D eigenvalue weighted by molar-refractivity contribution is 6.29. The van der Waals surface area contributed by atoms with Crippen LogP contribution in [0.4, 0.5) is 5.69 Å². The summed E-state index contributed by atoms with van der Waals surface area (Å²) in [5, 5.41) is 0.0515. The van der Waals surface area contributed by atoms with Gasteiger partial charge in [-0.1, -0.05) is 11.6 Å². The summed E-state index contributed by atoms with van der Waals surface area (Å²) in [4.78, 5) is 38.5. The Morgan fingerprint density at radius 3 is 2.21 bits per heavy atom. The lowest BCUT2D eigenvalue weighted by atomic mass is 10.2. The molecule has 0 saturated heterocycles. The highest BCUT2D eigenvalue weighted by Gasteiger charge is 2.22. The van der Waals surface area contributed by atoms with Gasteiger partial charge in [0.25, 0.3) is 5.91 Å². The molecule has 19 heavy (non-hydrogen) atoms. The zero-order chi connectivity index (χ0) is 14.6. The van der Waals surface area contributed by atoms with Crippen molar-refractivity contribution in [3.63, 3.8) is 0 Å². The summed E-state index contributed by atoms with van der Waals surface area (Å²) in [6.45, 7) is -0.914. The van der Waals surface area contributed by atoms with Gasteiger partial charge in [-0.25, -0.2) is 4.98 Å². The molecule has 0 aliphatic heterocycles. The maximum Gasteiger partial charge on any atom is 0.257 e. The van der Waals surface area contributed by atoms with Crippen molar-refractivity contribution in [2.45, 2.75) is 0 Å². The summed E-state index contributed by atoms with van der Waals surface area (Å²) < 4.78 is 0. The fourth-order valence-electron chi connectivity index (χ4n) is 1.37. The lowest BCUT2D eigenvalue weighted by Crippen LogP contribution is -2.43. The summed E-state index contributed by atoms with van der Waals surface area (Å²) in [6, 6.07) is 1.23. The Bertz CT molecular complexity index is 518. The molecule has 0 aliphatic rings. The van der Waals surface area contributed by atoms with Crippen LogP contribution in [0.3, 0.4) is 0 Å². The zero-order valence-corrected chi connectivity index (χ0v) is 10.6. The molecule has 0 saturated carbocycles. The van der Waals surface area contributed by atoms with Gasteiger partial charge in [0.2, 0.25) is 11.8 Å². The van der Waals surface area contributed by atoms with Crippen LogP contribution in [0.2, 0.25) is 5.15 Å². The minimum Gasteiger partial charge on any atom is -0.397 e. The first-order valence-electron chi connectivity index (χ1n) is 5.08. The quantitative estimate of drug-likeness (QED) is 0.577. The van der Waals surface area contributed by atoms with Gasteiger partial charge in [0.15, 0.2) is 0 Å². The second kappa shape index (κ2) is 6.01. The van der Waals surface area contributed by atoms with Crippen molar-refractivity contribution in [2.75, 3.05) is 18.8 Å². The minimum atomic E-state index is -0.784.